The summed E-state index contributed by atoms with van der Waals surface area (Å²) < 4.78 is 4.37. The molecule has 0 saturated heterocycles. The Bertz CT molecular complexity index is 1440. The Morgan fingerprint density at radius 2 is 1.14 bits per heavy atom. The minimum atomic E-state index is -2.09. The summed E-state index contributed by atoms with van der Waals surface area (Å²) in [4.78, 5) is 0. The van der Waals surface area contributed by atoms with Gasteiger partial charge in [0.15, 0.2) is 0 Å². The van der Waals surface area contributed by atoms with Crippen molar-refractivity contribution in [3.8, 4) is 33.4 Å². The molecule has 1 saturated carbocycles. The molecule has 3 aliphatic carbocycles. The van der Waals surface area contributed by atoms with Crippen LogP contribution in [-0.4, -0.2) is 3.21 Å². The fourth-order valence-corrected chi connectivity index (χ4v) is 16.0. The van der Waals surface area contributed by atoms with E-state index < -0.39 is 21.3 Å². The van der Waals surface area contributed by atoms with E-state index in [0.717, 1.165) is 0 Å². The van der Waals surface area contributed by atoms with Gasteiger partial charge in [-0.05, 0) is 0 Å². The van der Waals surface area contributed by atoms with Gasteiger partial charge in [-0.3, -0.25) is 0 Å². The van der Waals surface area contributed by atoms with Crippen LogP contribution in [0.3, 0.4) is 0 Å². The van der Waals surface area contributed by atoms with Gasteiger partial charge in [0.2, 0.25) is 0 Å². The molecule has 1 fully saturated rings. The van der Waals surface area contributed by atoms with Crippen molar-refractivity contribution in [2.45, 2.75) is 35.7 Å². The van der Waals surface area contributed by atoms with Gasteiger partial charge in [0, 0.05) is 0 Å². The average molecular weight is 542 g/mol. The van der Waals surface area contributed by atoms with Gasteiger partial charge in [-0.2, -0.15) is 0 Å². The van der Waals surface area contributed by atoms with Crippen LogP contribution in [0.25, 0.3) is 33.4 Å². The molecular formula is C35H30Zr. The molecule has 7 rings (SSSR count). The third kappa shape index (κ3) is 3.89. The molecule has 174 valence electrons. The first-order valence-electron chi connectivity index (χ1n) is 13.3. The first kappa shape index (κ1) is 22.3. The molecule has 1 heteroatoms. The topological polar surface area (TPSA) is 0 Å². The van der Waals surface area contributed by atoms with Crippen molar-refractivity contribution in [3.63, 3.8) is 0 Å². The zero-order chi connectivity index (χ0) is 23.9. The van der Waals surface area contributed by atoms with Crippen LogP contribution in [0.2, 0.25) is 0 Å². The molecule has 0 unspecified atom stereocenters. The van der Waals surface area contributed by atoms with Gasteiger partial charge in [0.05, 0.1) is 0 Å². The third-order valence-corrected chi connectivity index (χ3v) is 16.9. The van der Waals surface area contributed by atoms with E-state index in [1.165, 1.54) is 65.5 Å². The monoisotopic (exact) mass is 540 g/mol. The van der Waals surface area contributed by atoms with E-state index in [2.05, 4.69) is 115 Å². The molecule has 0 N–H and O–H groups in total. The Morgan fingerprint density at radius 3 is 1.64 bits per heavy atom. The molecule has 36 heavy (non-hydrogen) atoms. The van der Waals surface area contributed by atoms with Gasteiger partial charge in [0.25, 0.3) is 0 Å². The van der Waals surface area contributed by atoms with Crippen molar-refractivity contribution in [1.82, 2.24) is 0 Å². The summed E-state index contributed by atoms with van der Waals surface area (Å²) in [7, 11) is 0. The van der Waals surface area contributed by atoms with Crippen molar-refractivity contribution in [1.29, 1.82) is 0 Å². The van der Waals surface area contributed by atoms with E-state index in [1.807, 2.05) is 3.21 Å². The zero-order valence-electron chi connectivity index (χ0n) is 20.6. The Hall–Kier alpha value is -2.89. The molecule has 0 nitrogen and oxygen atoms in total. The summed E-state index contributed by atoms with van der Waals surface area (Å²) in [5.41, 5.74) is 11.4. The molecule has 3 aliphatic rings. The van der Waals surface area contributed by atoms with Gasteiger partial charge < -0.3 is 0 Å². The molecule has 0 heterocycles. The molecule has 0 aliphatic heterocycles. The van der Waals surface area contributed by atoms with E-state index >= 15 is 0 Å². The number of fused-ring (bicyclic) bond motifs is 3. The quantitative estimate of drug-likeness (QED) is 0.241. The molecular weight excluding hydrogens is 512 g/mol. The SMILES string of the molecule is C1=CC[C]([Zr](=[C]2CCCC2)[CH]2c3ccc(-c4ccccc4)cc3-c3cc(-c4ccccc4)ccc32)=C1. The number of hydrogen-bond donors (Lipinski definition) is 0. The summed E-state index contributed by atoms with van der Waals surface area (Å²) in [6.07, 6.45) is 13.9. The summed E-state index contributed by atoms with van der Waals surface area (Å²) in [5.74, 6) is 0. The molecule has 0 radical (unpaired) electrons. The number of benzene rings is 4. The number of hydrogen-bond acceptors (Lipinski definition) is 0. The average Bonchev–Trinajstić information content (AvgIpc) is 3.72. The first-order chi connectivity index (χ1) is 17.9. The second kappa shape index (κ2) is 9.53. The van der Waals surface area contributed by atoms with Gasteiger partial charge in [-0.15, -0.1) is 0 Å². The van der Waals surface area contributed by atoms with Crippen molar-refractivity contribution in [2.75, 3.05) is 0 Å². The zero-order valence-corrected chi connectivity index (χ0v) is 23.0. The molecule has 4 aromatic carbocycles. The van der Waals surface area contributed by atoms with Gasteiger partial charge >= 0.3 is 223 Å². The van der Waals surface area contributed by atoms with Crippen LogP contribution in [0.5, 0.6) is 0 Å². The summed E-state index contributed by atoms with van der Waals surface area (Å²) in [6.45, 7) is 0. The predicted octanol–water partition coefficient (Wildman–Crippen LogP) is 9.30. The fraction of sp³-hybridized carbons (Fsp3) is 0.171. The van der Waals surface area contributed by atoms with Crippen LogP contribution in [0.15, 0.2) is 119 Å². The predicted molar refractivity (Wildman–Crippen MR) is 150 cm³/mol. The van der Waals surface area contributed by atoms with Gasteiger partial charge in [-0.25, -0.2) is 0 Å². The Labute approximate surface area is 222 Å². The van der Waals surface area contributed by atoms with E-state index in [-0.39, 0.29) is 0 Å². The fourth-order valence-electron chi connectivity index (χ4n) is 6.52. The number of allylic oxidation sites excluding steroid dienone is 4. The van der Waals surface area contributed by atoms with Crippen molar-refractivity contribution >= 4 is 3.21 Å². The third-order valence-electron chi connectivity index (χ3n) is 8.23. The van der Waals surface area contributed by atoms with Crippen LogP contribution in [-0.2, 0) is 21.3 Å². The molecule has 0 aromatic heterocycles. The van der Waals surface area contributed by atoms with Crippen LogP contribution < -0.4 is 0 Å². The van der Waals surface area contributed by atoms with E-state index in [0.29, 0.717) is 3.63 Å². The van der Waals surface area contributed by atoms with Crippen LogP contribution in [0.4, 0.5) is 0 Å². The van der Waals surface area contributed by atoms with Crippen molar-refractivity contribution in [2.24, 2.45) is 0 Å². The Balaban J connectivity index is 1.45. The second-order valence-electron chi connectivity index (χ2n) is 10.3. The van der Waals surface area contributed by atoms with Gasteiger partial charge in [0.1, 0.15) is 0 Å². The maximum atomic E-state index is 2.49. The molecule has 0 amide bonds. The molecule has 0 atom stereocenters. The van der Waals surface area contributed by atoms with Crippen LogP contribution >= 0.6 is 0 Å². The molecule has 0 spiro atoms. The second-order valence-corrected chi connectivity index (χ2v) is 17.1. The summed E-state index contributed by atoms with van der Waals surface area (Å²) in [5, 5.41) is 0. The van der Waals surface area contributed by atoms with E-state index in [1.54, 1.807) is 14.4 Å². The van der Waals surface area contributed by atoms with E-state index in [4.69, 9.17) is 0 Å². The van der Waals surface area contributed by atoms with Gasteiger partial charge in [-0.1, -0.05) is 0 Å². The van der Waals surface area contributed by atoms with E-state index in [9.17, 15) is 0 Å². The summed E-state index contributed by atoms with van der Waals surface area (Å²) >= 11 is -2.09. The van der Waals surface area contributed by atoms with Crippen molar-refractivity contribution in [3.05, 3.63) is 130 Å². The normalized spacial score (nSPS) is 16.2. The number of rotatable bonds is 4. The standard InChI is InChI=1S/C25H17.C5H8.C5H5.Zr/c1-3-7-18(8-4-1)20-11-13-22-15-23-14-12-21(17-25(23)24(22)16-20)19-9-5-2-6-10-19;2*1-2-4-5-3-1;/h1-17H;1-4H2;1-3H,4H2;. The Kier molecular flexibility index (Phi) is 5.91. The van der Waals surface area contributed by atoms with Crippen LogP contribution in [0.1, 0.15) is 46.9 Å². The molecule has 4 aromatic rings. The maximum absolute atomic E-state index is 2.49. The van der Waals surface area contributed by atoms with Crippen molar-refractivity contribution < 1.29 is 21.3 Å². The summed E-state index contributed by atoms with van der Waals surface area (Å²) in [6, 6.07) is 36.5. The Morgan fingerprint density at radius 1 is 0.583 bits per heavy atom. The minimum absolute atomic E-state index is 0.603. The molecule has 0 bridgehead atoms. The van der Waals surface area contributed by atoms with Crippen LogP contribution in [0, 0.1) is 0 Å². The first-order valence-corrected chi connectivity index (χ1v) is 17.2.